The summed E-state index contributed by atoms with van der Waals surface area (Å²) in [6, 6.07) is 5.41. The van der Waals surface area contributed by atoms with Crippen LogP contribution in [0.15, 0.2) is 18.2 Å². The molecular formula is C18H26Cl2N2O. The average Bonchev–Trinajstić information content (AvgIpc) is 2.79. The number of nitrogens with one attached hydrogen (secondary N) is 1. The fourth-order valence-corrected chi connectivity index (χ4v) is 3.45. The van der Waals surface area contributed by atoms with E-state index in [0.29, 0.717) is 22.9 Å². The first-order valence-electron chi connectivity index (χ1n) is 8.58. The van der Waals surface area contributed by atoms with Gasteiger partial charge in [-0.05, 0) is 63.0 Å². The quantitative estimate of drug-likeness (QED) is 0.738. The molecule has 0 atom stereocenters. The molecule has 128 valence electrons. The van der Waals surface area contributed by atoms with Crippen LogP contribution < -0.4 is 5.32 Å². The van der Waals surface area contributed by atoms with Crippen molar-refractivity contribution in [1.29, 1.82) is 0 Å². The van der Waals surface area contributed by atoms with Gasteiger partial charge < -0.3 is 10.2 Å². The van der Waals surface area contributed by atoms with Gasteiger partial charge in [0.15, 0.2) is 0 Å². The predicted molar refractivity (Wildman–Crippen MR) is 97.3 cm³/mol. The van der Waals surface area contributed by atoms with Crippen molar-refractivity contribution in [3.63, 3.8) is 0 Å². The summed E-state index contributed by atoms with van der Waals surface area (Å²) in [5.41, 5.74) is 0.968. The molecule has 0 saturated carbocycles. The fourth-order valence-electron chi connectivity index (χ4n) is 2.95. The zero-order valence-corrected chi connectivity index (χ0v) is 15.1. The van der Waals surface area contributed by atoms with Crippen molar-refractivity contribution in [2.24, 2.45) is 0 Å². The van der Waals surface area contributed by atoms with Crippen LogP contribution in [0.5, 0.6) is 0 Å². The Morgan fingerprint density at radius 1 is 1.13 bits per heavy atom. The van der Waals surface area contributed by atoms with Crippen molar-refractivity contribution in [3.05, 3.63) is 33.8 Å². The highest BCUT2D eigenvalue weighted by Gasteiger charge is 2.09. The Labute approximate surface area is 149 Å². The maximum absolute atomic E-state index is 11.9. The van der Waals surface area contributed by atoms with E-state index in [0.717, 1.165) is 25.1 Å². The number of rotatable bonds is 7. The predicted octanol–water partition coefficient (Wildman–Crippen LogP) is 4.31. The summed E-state index contributed by atoms with van der Waals surface area (Å²) in [6.45, 7) is 4.26. The minimum atomic E-state index is 0.0897. The minimum absolute atomic E-state index is 0.0897. The molecule has 3 nitrogen and oxygen atoms in total. The molecule has 0 aliphatic carbocycles. The lowest BCUT2D eigenvalue weighted by Crippen LogP contribution is -2.30. The normalized spacial score (nSPS) is 16.1. The highest BCUT2D eigenvalue weighted by molar-refractivity contribution is 6.35. The van der Waals surface area contributed by atoms with Crippen LogP contribution in [0.4, 0.5) is 0 Å². The summed E-state index contributed by atoms with van der Waals surface area (Å²) >= 11 is 12.0. The topological polar surface area (TPSA) is 32.3 Å². The molecule has 0 aromatic heterocycles. The van der Waals surface area contributed by atoms with Crippen molar-refractivity contribution in [1.82, 2.24) is 10.2 Å². The van der Waals surface area contributed by atoms with E-state index in [4.69, 9.17) is 23.2 Å². The van der Waals surface area contributed by atoms with Crippen LogP contribution in [0.25, 0.3) is 0 Å². The van der Waals surface area contributed by atoms with Crippen molar-refractivity contribution in [2.75, 3.05) is 26.2 Å². The van der Waals surface area contributed by atoms with Gasteiger partial charge in [0.25, 0.3) is 0 Å². The van der Waals surface area contributed by atoms with Crippen LogP contribution in [-0.4, -0.2) is 37.0 Å². The van der Waals surface area contributed by atoms with Crippen LogP contribution in [0.1, 0.15) is 44.1 Å². The Hall–Kier alpha value is -0.770. The molecule has 1 amide bonds. The van der Waals surface area contributed by atoms with Gasteiger partial charge in [0.05, 0.1) is 0 Å². The van der Waals surface area contributed by atoms with Crippen LogP contribution in [0.3, 0.4) is 0 Å². The van der Waals surface area contributed by atoms with Crippen LogP contribution >= 0.6 is 23.2 Å². The van der Waals surface area contributed by atoms with E-state index < -0.39 is 0 Å². The summed E-state index contributed by atoms with van der Waals surface area (Å²) in [5, 5.41) is 4.26. The first-order valence-corrected chi connectivity index (χ1v) is 9.34. The van der Waals surface area contributed by atoms with E-state index in [1.165, 1.54) is 38.8 Å². The van der Waals surface area contributed by atoms with Gasteiger partial charge in [-0.3, -0.25) is 4.79 Å². The average molecular weight is 357 g/mol. The molecule has 1 aromatic carbocycles. The summed E-state index contributed by atoms with van der Waals surface area (Å²) in [5.74, 6) is 0.0897. The number of likely N-dealkylation sites (tertiary alicyclic amines) is 1. The Kier molecular flexibility index (Phi) is 8.21. The van der Waals surface area contributed by atoms with Gasteiger partial charge in [-0.1, -0.05) is 42.1 Å². The van der Waals surface area contributed by atoms with Crippen LogP contribution in [0.2, 0.25) is 10.0 Å². The molecule has 5 heteroatoms. The molecule has 2 rings (SSSR count). The van der Waals surface area contributed by atoms with Gasteiger partial charge in [-0.25, -0.2) is 0 Å². The highest BCUT2D eigenvalue weighted by Crippen LogP contribution is 2.22. The molecule has 0 bridgehead atoms. The van der Waals surface area contributed by atoms with Crippen LogP contribution in [-0.2, 0) is 11.2 Å². The monoisotopic (exact) mass is 356 g/mol. The third-order valence-electron chi connectivity index (χ3n) is 4.31. The number of halogens is 2. The van der Waals surface area contributed by atoms with E-state index in [1.54, 1.807) is 6.07 Å². The van der Waals surface area contributed by atoms with E-state index in [1.807, 2.05) is 12.1 Å². The third-order valence-corrected chi connectivity index (χ3v) is 4.90. The van der Waals surface area contributed by atoms with Gasteiger partial charge in [0, 0.05) is 23.0 Å². The zero-order chi connectivity index (χ0) is 16.5. The summed E-state index contributed by atoms with van der Waals surface area (Å²) < 4.78 is 0. The second-order valence-corrected chi connectivity index (χ2v) is 7.04. The SMILES string of the molecule is O=C(CCc1ccc(Cl)cc1Cl)NCCCN1CCCCCC1. The molecule has 1 N–H and O–H groups in total. The Morgan fingerprint density at radius 3 is 2.57 bits per heavy atom. The number of carbonyl (C=O) groups is 1. The minimum Gasteiger partial charge on any atom is -0.356 e. The van der Waals surface area contributed by atoms with Gasteiger partial charge in [-0.15, -0.1) is 0 Å². The summed E-state index contributed by atoms with van der Waals surface area (Å²) in [6.07, 6.45) is 7.48. The molecule has 1 aromatic rings. The molecule has 0 unspecified atom stereocenters. The van der Waals surface area contributed by atoms with E-state index in [2.05, 4.69) is 10.2 Å². The summed E-state index contributed by atoms with van der Waals surface area (Å²) in [7, 11) is 0. The number of benzene rings is 1. The first-order chi connectivity index (χ1) is 11.1. The molecule has 0 spiro atoms. The van der Waals surface area contributed by atoms with Crippen molar-refractivity contribution < 1.29 is 4.79 Å². The molecule has 1 saturated heterocycles. The standard InChI is InChI=1S/C18H26Cl2N2O/c19-16-8-6-15(17(20)14-16)7-9-18(23)21-10-5-13-22-11-3-1-2-4-12-22/h6,8,14H,1-5,7,9-13H2,(H,21,23). The van der Waals surface area contributed by atoms with E-state index in [9.17, 15) is 4.79 Å². The molecule has 1 heterocycles. The largest absolute Gasteiger partial charge is 0.356 e. The maximum Gasteiger partial charge on any atom is 0.220 e. The van der Waals surface area contributed by atoms with Gasteiger partial charge in [0.1, 0.15) is 0 Å². The fraction of sp³-hybridized carbons (Fsp3) is 0.611. The van der Waals surface area contributed by atoms with Gasteiger partial charge in [0.2, 0.25) is 5.91 Å². The Morgan fingerprint density at radius 2 is 1.87 bits per heavy atom. The second-order valence-electron chi connectivity index (χ2n) is 6.20. The van der Waals surface area contributed by atoms with Crippen molar-refractivity contribution in [3.8, 4) is 0 Å². The number of amides is 1. The van der Waals surface area contributed by atoms with Gasteiger partial charge in [-0.2, -0.15) is 0 Å². The highest BCUT2D eigenvalue weighted by atomic mass is 35.5. The molecule has 1 aliphatic heterocycles. The first kappa shape index (κ1) is 18.6. The number of hydrogen-bond acceptors (Lipinski definition) is 2. The number of carbonyl (C=O) groups excluding carboxylic acids is 1. The lowest BCUT2D eigenvalue weighted by atomic mass is 10.1. The maximum atomic E-state index is 11.9. The molecule has 1 aliphatic rings. The van der Waals surface area contributed by atoms with E-state index in [-0.39, 0.29) is 5.91 Å². The number of hydrogen-bond donors (Lipinski definition) is 1. The molecular weight excluding hydrogens is 331 g/mol. The van der Waals surface area contributed by atoms with Crippen molar-refractivity contribution >= 4 is 29.1 Å². The van der Waals surface area contributed by atoms with Crippen molar-refractivity contribution in [2.45, 2.75) is 44.9 Å². The molecule has 0 radical (unpaired) electrons. The molecule has 1 fully saturated rings. The third kappa shape index (κ3) is 7.11. The molecule has 23 heavy (non-hydrogen) atoms. The number of aryl methyl sites for hydroxylation is 1. The van der Waals surface area contributed by atoms with E-state index >= 15 is 0 Å². The summed E-state index contributed by atoms with van der Waals surface area (Å²) in [4.78, 5) is 14.4. The zero-order valence-electron chi connectivity index (χ0n) is 13.6. The second kappa shape index (κ2) is 10.2. The van der Waals surface area contributed by atoms with Crippen LogP contribution in [0, 0.1) is 0 Å². The number of nitrogens with zero attached hydrogens (tertiary/aromatic N) is 1. The van der Waals surface area contributed by atoms with Gasteiger partial charge >= 0.3 is 0 Å². The Balaban J connectivity index is 1.59. The smallest absolute Gasteiger partial charge is 0.220 e. The lowest BCUT2D eigenvalue weighted by molar-refractivity contribution is -0.121. The lowest BCUT2D eigenvalue weighted by Gasteiger charge is -2.19. The Bertz CT molecular complexity index is 500.